The number of hydrogen-bond donors (Lipinski definition) is 1. The maximum atomic E-state index is 14.1. The Morgan fingerprint density at radius 3 is 2.42 bits per heavy atom. The van der Waals surface area contributed by atoms with Gasteiger partial charge in [0.1, 0.15) is 11.6 Å². The van der Waals surface area contributed by atoms with Gasteiger partial charge in [-0.05, 0) is 42.8 Å². The van der Waals surface area contributed by atoms with Gasteiger partial charge < -0.3 is 0 Å². The number of carbonyl (C=O) groups excluding carboxylic acids is 1. The molecule has 1 fully saturated rings. The molecular formula is C21H17F2N5O3S2. The molecule has 2 aromatic carbocycles. The van der Waals surface area contributed by atoms with Crippen LogP contribution in [0, 0.1) is 35.8 Å². The van der Waals surface area contributed by atoms with E-state index in [-0.39, 0.29) is 33.7 Å². The number of sulfonamides is 1. The fourth-order valence-electron chi connectivity index (χ4n) is 3.55. The third-order valence-electron chi connectivity index (χ3n) is 5.10. The maximum Gasteiger partial charge on any atom is 0.330 e. The maximum absolute atomic E-state index is 14.1. The van der Waals surface area contributed by atoms with E-state index in [1.165, 1.54) is 16.7 Å². The summed E-state index contributed by atoms with van der Waals surface area (Å²) in [5.41, 5.74) is 1.10. The van der Waals surface area contributed by atoms with E-state index in [1.807, 2.05) is 0 Å². The van der Waals surface area contributed by atoms with Gasteiger partial charge in [-0.25, -0.2) is 32.1 Å². The first-order valence-corrected chi connectivity index (χ1v) is 12.0. The summed E-state index contributed by atoms with van der Waals surface area (Å²) in [5, 5.41) is 14.9. The quantitative estimate of drug-likeness (QED) is 0.600. The molecule has 1 aliphatic heterocycles. The minimum atomic E-state index is -4.01. The average molecular weight is 490 g/mol. The van der Waals surface area contributed by atoms with Crippen molar-refractivity contribution in [1.29, 1.82) is 5.26 Å². The highest BCUT2D eigenvalue weighted by Gasteiger charge is 2.36. The van der Waals surface area contributed by atoms with Crippen molar-refractivity contribution in [1.82, 2.24) is 4.98 Å². The van der Waals surface area contributed by atoms with Crippen LogP contribution >= 0.6 is 11.3 Å². The fraction of sp³-hybridized carbons (Fsp3) is 0.190. The van der Waals surface area contributed by atoms with Crippen molar-refractivity contribution in [3.8, 4) is 17.2 Å². The first kappa shape index (κ1) is 22.8. The minimum absolute atomic E-state index is 0.0371. The van der Waals surface area contributed by atoms with Crippen molar-refractivity contribution >= 4 is 38.2 Å². The predicted octanol–water partition coefficient (Wildman–Crippen LogP) is 3.63. The molecular weight excluding hydrogens is 472 g/mol. The standard InChI is InChI=1S/C21H17F2N5O3S2/c1-12-19(33(25,30)31)32-20(26-12)28-11-13(9-24)10-27(21(28)29)16-5-2-14(3-6-16)17-8-15(22)4-7-18(17)23/h2-8,13H,10-11H2,1H3,(H2,25,30,31). The molecule has 1 saturated heterocycles. The van der Waals surface area contributed by atoms with Crippen molar-refractivity contribution in [2.45, 2.75) is 11.1 Å². The summed E-state index contributed by atoms with van der Waals surface area (Å²) in [4.78, 5) is 20.0. The number of rotatable bonds is 4. The Labute approximate surface area is 192 Å². The Balaban J connectivity index is 1.67. The first-order chi connectivity index (χ1) is 15.6. The normalized spacial score (nSPS) is 16.7. The zero-order valence-corrected chi connectivity index (χ0v) is 18.8. The van der Waals surface area contributed by atoms with Gasteiger partial charge in [-0.1, -0.05) is 23.5 Å². The van der Waals surface area contributed by atoms with Crippen molar-refractivity contribution in [2.24, 2.45) is 11.1 Å². The summed E-state index contributed by atoms with van der Waals surface area (Å²) in [6.07, 6.45) is 0. The number of anilines is 2. The molecule has 2 heterocycles. The molecule has 33 heavy (non-hydrogen) atoms. The molecule has 12 heteroatoms. The summed E-state index contributed by atoms with van der Waals surface area (Å²) in [6.45, 7) is 1.61. The highest BCUT2D eigenvalue weighted by molar-refractivity contribution is 7.91. The van der Waals surface area contributed by atoms with Crippen LogP contribution in [0.4, 0.5) is 24.4 Å². The lowest BCUT2D eigenvalue weighted by Gasteiger charge is -2.36. The van der Waals surface area contributed by atoms with Gasteiger partial charge in [0.15, 0.2) is 9.34 Å². The summed E-state index contributed by atoms with van der Waals surface area (Å²) >= 11 is 0.757. The molecule has 0 radical (unpaired) electrons. The second-order valence-corrected chi connectivity index (χ2v) is 10.1. The number of aryl methyl sites for hydroxylation is 1. The molecule has 2 amide bonds. The van der Waals surface area contributed by atoms with Gasteiger partial charge in [-0.3, -0.25) is 9.80 Å². The topological polar surface area (TPSA) is 120 Å². The van der Waals surface area contributed by atoms with Crippen LogP contribution in [0.25, 0.3) is 11.1 Å². The highest BCUT2D eigenvalue weighted by atomic mass is 32.2. The Hall–Kier alpha value is -3.40. The number of amides is 2. The summed E-state index contributed by atoms with van der Waals surface area (Å²) in [6, 6.07) is 11.0. The molecule has 2 N–H and O–H groups in total. The molecule has 3 aromatic rings. The van der Waals surface area contributed by atoms with Crippen molar-refractivity contribution < 1.29 is 22.0 Å². The van der Waals surface area contributed by atoms with Gasteiger partial charge in [0.25, 0.3) is 0 Å². The number of primary sulfonamides is 1. The lowest BCUT2D eigenvalue weighted by atomic mass is 10.0. The number of nitrogens with zero attached hydrogens (tertiary/aromatic N) is 4. The molecule has 4 rings (SSSR count). The smallest absolute Gasteiger partial charge is 0.293 e. The third kappa shape index (κ3) is 4.43. The van der Waals surface area contributed by atoms with Gasteiger partial charge in [0.05, 0.1) is 17.7 Å². The van der Waals surface area contributed by atoms with Crippen LogP contribution < -0.4 is 14.9 Å². The predicted molar refractivity (Wildman–Crippen MR) is 119 cm³/mol. The third-order valence-corrected chi connectivity index (χ3v) is 7.83. The monoisotopic (exact) mass is 489 g/mol. The molecule has 1 aromatic heterocycles. The molecule has 0 aliphatic carbocycles. The van der Waals surface area contributed by atoms with Crippen LogP contribution in [0.3, 0.4) is 0 Å². The van der Waals surface area contributed by atoms with Crippen LogP contribution in [0.5, 0.6) is 0 Å². The number of nitriles is 1. The van der Waals surface area contributed by atoms with E-state index in [9.17, 15) is 27.3 Å². The Morgan fingerprint density at radius 1 is 1.15 bits per heavy atom. The summed E-state index contributed by atoms with van der Waals surface area (Å²) in [7, 11) is -4.01. The number of hydrogen-bond acceptors (Lipinski definition) is 6. The zero-order valence-electron chi connectivity index (χ0n) is 17.2. The van der Waals surface area contributed by atoms with Gasteiger partial charge >= 0.3 is 6.03 Å². The fourth-order valence-corrected chi connectivity index (χ4v) is 5.50. The van der Waals surface area contributed by atoms with Crippen LogP contribution in [0.1, 0.15) is 5.69 Å². The van der Waals surface area contributed by atoms with Gasteiger partial charge in [0.2, 0.25) is 10.0 Å². The average Bonchev–Trinajstić information content (AvgIpc) is 3.18. The second kappa shape index (κ2) is 8.51. The molecule has 1 atom stereocenters. The lowest BCUT2D eigenvalue weighted by Crippen LogP contribution is -2.53. The Morgan fingerprint density at radius 2 is 1.82 bits per heavy atom. The number of nitrogens with two attached hydrogens (primary N) is 1. The van der Waals surface area contributed by atoms with Crippen molar-refractivity contribution in [3.63, 3.8) is 0 Å². The van der Waals surface area contributed by atoms with Gasteiger partial charge in [-0.2, -0.15) is 5.26 Å². The van der Waals surface area contributed by atoms with Gasteiger partial charge in [-0.15, -0.1) is 0 Å². The van der Waals surface area contributed by atoms with Crippen LogP contribution in [0.2, 0.25) is 0 Å². The summed E-state index contributed by atoms with van der Waals surface area (Å²) in [5.74, 6) is -1.74. The number of urea groups is 1. The molecule has 0 spiro atoms. The largest absolute Gasteiger partial charge is 0.330 e. The number of thiazole rings is 1. The van der Waals surface area contributed by atoms with Gasteiger partial charge in [0, 0.05) is 24.3 Å². The molecule has 0 bridgehead atoms. The molecule has 170 valence electrons. The lowest BCUT2D eigenvalue weighted by molar-refractivity contribution is 0.246. The van der Waals surface area contributed by atoms with E-state index in [1.54, 1.807) is 24.3 Å². The molecule has 1 unspecified atom stereocenters. The first-order valence-electron chi connectivity index (χ1n) is 9.63. The summed E-state index contributed by atoms with van der Waals surface area (Å²) < 4.78 is 51.0. The molecule has 0 saturated carbocycles. The second-order valence-electron chi connectivity index (χ2n) is 7.42. The van der Waals surface area contributed by atoms with E-state index in [2.05, 4.69) is 11.1 Å². The molecule has 8 nitrogen and oxygen atoms in total. The van der Waals surface area contributed by atoms with Crippen LogP contribution in [-0.4, -0.2) is 32.5 Å². The van der Waals surface area contributed by atoms with E-state index in [0.29, 0.717) is 11.3 Å². The number of aromatic nitrogens is 1. The van der Waals surface area contributed by atoms with Crippen LogP contribution in [0.15, 0.2) is 46.7 Å². The Kier molecular flexibility index (Phi) is 5.87. The van der Waals surface area contributed by atoms with Crippen molar-refractivity contribution in [3.05, 3.63) is 59.8 Å². The van der Waals surface area contributed by atoms with E-state index in [0.717, 1.165) is 29.5 Å². The number of carbonyl (C=O) groups is 1. The van der Waals surface area contributed by atoms with E-state index in [4.69, 9.17) is 5.14 Å². The minimum Gasteiger partial charge on any atom is -0.293 e. The zero-order chi connectivity index (χ0) is 23.9. The van der Waals surface area contributed by atoms with Crippen molar-refractivity contribution in [2.75, 3.05) is 22.9 Å². The Bertz CT molecular complexity index is 1380. The molecule has 1 aliphatic rings. The SMILES string of the molecule is Cc1nc(N2CC(C#N)CN(c3ccc(-c4cc(F)ccc4F)cc3)C2=O)sc1S(N)(=O)=O. The van der Waals surface area contributed by atoms with E-state index < -0.39 is 33.6 Å². The van der Waals surface area contributed by atoms with E-state index >= 15 is 0 Å². The number of halogens is 2. The van der Waals surface area contributed by atoms with Crippen LogP contribution in [-0.2, 0) is 10.0 Å². The highest BCUT2D eigenvalue weighted by Crippen LogP contribution is 2.34. The number of benzene rings is 2.